The van der Waals surface area contributed by atoms with Crippen molar-refractivity contribution in [1.29, 1.82) is 0 Å². The number of rotatable bonds is 3. The van der Waals surface area contributed by atoms with Gasteiger partial charge in [0.1, 0.15) is 23.4 Å². The first-order valence-electron chi connectivity index (χ1n) is 9.25. The standard InChI is InChI=1S/C16H31O4P2S2/c17-13-15(19)22(24-23,12-9-5-2-6-10-12)16(20)14(18)21(13)11-7-3-1-4-8-11/h11-20,23H,1-10H2. The zero-order valence-electron chi connectivity index (χ0n) is 14.1. The molecule has 2 saturated carbocycles. The van der Waals surface area contributed by atoms with Crippen LogP contribution in [0.2, 0.25) is 0 Å². The van der Waals surface area contributed by atoms with E-state index >= 15 is 0 Å². The summed E-state index contributed by atoms with van der Waals surface area (Å²) in [7, 11) is 0.0834. The van der Waals surface area contributed by atoms with E-state index in [0.29, 0.717) is 0 Å². The summed E-state index contributed by atoms with van der Waals surface area (Å²) in [6, 6.07) is 0. The van der Waals surface area contributed by atoms with Crippen LogP contribution < -0.4 is 0 Å². The Morgan fingerprint density at radius 2 is 1.21 bits per heavy atom. The van der Waals surface area contributed by atoms with E-state index in [9.17, 15) is 20.4 Å². The van der Waals surface area contributed by atoms with Crippen LogP contribution in [0.1, 0.15) is 64.2 Å². The molecule has 4 nitrogen and oxygen atoms in total. The van der Waals surface area contributed by atoms with Crippen molar-refractivity contribution in [3.05, 3.63) is 0 Å². The average molecular weight is 414 g/mol. The van der Waals surface area contributed by atoms with Crippen molar-refractivity contribution in [3.63, 3.8) is 0 Å². The fourth-order valence-corrected chi connectivity index (χ4v) is 19.2. The predicted molar refractivity (Wildman–Crippen MR) is 108 cm³/mol. The lowest BCUT2D eigenvalue weighted by molar-refractivity contribution is 0.0736. The van der Waals surface area contributed by atoms with Gasteiger partial charge in [-0.05, 0) is 44.9 Å². The largest absolute Gasteiger partial charge is 0.385 e. The zero-order valence-corrected chi connectivity index (χ0v) is 17.6. The van der Waals surface area contributed by atoms with Gasteiger partial charge in [-0.1, -0.05) is 48.9 Å². The molecule has 1 heterocycles. The summed E-state index contributed by atoms with van der Waals surface area (Å²) in [6.07, 6.45) is 10.8. The summed E-state index contributed by atoms with van der Waals surface area (Å²) in [5.74, 6) is -3.57. The van der Waals surface area contributed by atoms with Gasteiger partial charge in [0, 0.05) is 6.46 Å². The molecule has 24 heavy (non-hydrogen) atoms. The average Bonchev–Trinajstić information content (AvgIpc) is 2.63. The Hall–Kier alpha value is 1.40. The van der Waals surface area contributed by atoms with Crippen LogP contribution in [0.5, 0.6) is 0 Å². The monoisotopic (exact) mass is 413 g/mol. The maximum atomic E-state index is 11.1. The first-order valence-corrected chi connectivity index (χ1v) is 15.3. The molecule has 4 atom stereocenters. The molecule has 0 bridgehead atoms. The number of aliphatic hydroxyl groups excluding tert-OH is 4. The van der Waals surface area contributed by atoms with E-state index in [1.54, 1.807) is 0 Å². The van der Waals surface area contributed by atoms with Gasteiger partial charge >= 0.3 is 0 Å². The molecule has 4 unspecified atom stereocenters. The Kier molecular flexibility index (Phi) is 7.22. The van der Waals surface area contributed by atoms with Crippen molar-refractivity contribution < 1.29 is 20.4 Å². The Bertz CT molecular complexity index is 403. The molecule has 4 N–H and O–H groups in total. The van der Waals surface area contributed by atoms with Crippen LogP contribution >= 0.6 is 36.5 Å². The molecule has 141 valence electrons. The van der Waals surface area contributed by atoms with E-state index in [0.717, 1.165) is 51.4 Å². The Labute approximate surface area is 155 Å². The highest BCUT2D eigenvalue weighted by molar-refractivity contribution is 8.97. The molecular weight excluding hydrogens is 382 g/mol. The van der Waals surface area contributed by atoms with Gasteiger partial charge in [-0.3, -0.25) is 0 Å². The van der Waals surface area contributed by atoms with Gasteiger partial charge in [0.25, 0.3) is 0 Å². The summed E-state index contributed by atoms with van der Waals surface area (Å²) >= 11 is 4.45. The molecular formula is C16H31O4P2S2. The lowest BCUT2D eigenvalue weighted by Crippen LogP contribution is -2.49. The molecule has 0 aromatic carbocycles. The van der Waals surface area contributed by atoms with Crippen LogP contribution in [-0.2, 0) is 0 Å². The van der Waals surface area contributed by atoms with Gasteiger partial charge in [-0.2, -0.15) is 0 Å². The van der Waals surface area contributed by atoms with Crippen LogP contribution in [0.25, 0.3) is 0 Å². The normalized spacial score (nSPS) is 46.1. The molecule has 2 aliphatic carbocycles. The van der Waals surface area contributed by atoms with Gasteiger partial charge in [-0.25, -0.2) is 0 Å². The van der Waals surface area contributed by atoms with E-state index in [-0.39, 0.29) is 11.3 Å². The lowest BCUT2D eigenvalue weighted by atomic mass is 10.0. The summed E-state index contributed by atoms with van der Waals surface area (Å²) in [5, 5.41) is 44.1. The summed E-state index contributed by atoms with van der Waals surface area (Å²) in [6.45, 7) is -2.42. The van der Waals surface area contributed by atoms with E-state index in [4.69, 9.17) is 0 Å². The lowest BCUT2D eigenvalue weighted by Gasteiger charge is -2.57. The smallest absolute Gasteiger partial charge is 0.112 e. The molecule has 1 saturated heterocycles. The molecule has 0 aromatic heterocycles. The third-order valence-electron chi connectivity index (χ3n) is 6.25. The van der Waals surface area contributed by atoms with Crippen LogP contribution in [-0.4, -0.2) is 55.1 Å². The second-order valence-corrected chi connectivity index (χ2v) is 17.5. The molecule has 0 amide bonds. The van der Waals surface area contributed by atoms with Crippen molar-refractivity contribution in [1.82, 2.24) is 0 Å². The minimum Gasteiger partial charge on any atom is -0.385 e. The maximum absolute atomic E-state index is 11.1. The van der Waals surface area contributed by atoms with Gasteiger partial charge in [-0.15, -0.1) is 11.7 Å². The van der Waals surface area contributed by atoms with Crippen molar-refractivity contribution in [2.75, 3.05) is 0 Å². The number of hydrogen-bond donors (Lipinski definition) is 5. The van der Waals surface area contributed by atoms with E-state index in [1.807, 2.05) is 0 Å². The molecule has 0 aromatic rings. The highest BCUT2D eigenvalue weighted by Crippen LogP contribution is 2.87. The minimum atomic E-state index is -2.42. The van der Waals surface area contributed by atoms with Gasteiger partial charge in [0.2, 0.25) is 0 Å². The van der Waals surface area contributed by atoms with Crippen LogP contribution in [0.4, 0.5) is 0 Å². The number of aliphatic hydroxyl groups is 4. The number of thiol groups is 1. The minimum absolute atomic E-state index is 0.201. The molecule has 3 fully saturated rings. The Morgan fingerprint density at radius 1 is 0.750 bits per heavy atom. The van der Waals surface area contributed by atoms with E-state index in [1.165, 1.54) is 23.3 Å². The highest BCUT2D eigenvalue weighted by Gasteiger charge is 2.61. The maximum Gasteiger partial charge on any atom is 0.112 e. The Balaban J connectivity index is 1.87. The van der Waals surface area contributed by atoms with Crippen molar-refractivity contribution in [2.24, 2.45) is 0 Å². The highest BCUT2D eigenvalue weighted by atomic mass is 33.3. The molecule has 8 heteroatoms. The second kappa shape index (κ2) is 8.61. The van der Waals surface area contributed by atoms with Crippen molar-refractivity contribution >= 4 is 36.5 Å². The van der Waals surface area contributed by atoms with Gasteiger partial charge in [0.15, 0.2) is 0 Å². The summed E-state index contributed by atoms with van der Waals surface area (Å²) in [4.78, 5) is 0. The van der Waals surface area contributed by atoms with Crippen LogP contribution in [0.3, 0.4) is 0 Å². The molecule has 3 rings (SSSR count). The third kappa shape index (κ3) is 3.44. The topological polar surface area (TPSA) is 80.9 Å². The van der Waals surface area contributed by atoms with Crippen molar-refractivity contribution in [3.8, 4) is 0 Å². The quantitative estimate of drug-likeness (QED) is 0.275. The summed E-state index contributed by atoms with van der Waals surface area (Å²) in [5.41, 5.74) is 0.466. The predicted octanol–water partition coefficient (Wildman–Crippen LogP) is 3.93. The SMILES string of the molecule is OC1C(O)[P](SS)(C2CCCCC2)C(O)C(O)P1C1CCCCC1. The molecule has 0 spiro atoms. The first-order chi connectivity index (χ1) is 11.5. The molecule has 3 aliphatic rings. The summed E-state index contributed by atoms with van der Waals surface area (Å²) < 4.78 is 0. The zero-order chi connectivity index (χ0) is 17.3. The van der Waals surface area contributed by atoms with Crippen molar-refractivity contribution in [2.45, 2.75) is 98.9 Å². The van der Waals surface area contributed by atoms with E-state index < -0.39 is 37.8 Å². The number of hydrogen-bond acceptors (Lipinski definition) is 6. The molecule has 1 aliphatic heterocycles. The van der Waals surface area contributed by atoms with Crippen LogP contribution in [0, 0.1) is 0 Å². The Morgan fingerprint density at radius 3 is 1.67 bits per heavy atom. The fraction of sp³-hybridized carbons (Fsp3) is 1.00. The van der Waals surface area contributed by atoms with Gasteiger partial charge in [0.05, 0.1) is 0 Å². The fourth-order valence-electron chi connectivity index (χ4n) is 4.93. The molecule has 1 radical (unpaired) electrons. The first kappa shape index (κ1) is 20.1. The third-order valence-corrected chi connectivity index (χ3v) is 19.6. The van der Waals surface area contributed by atoms with E-state index in [2.05, 4.69) is 11.7 Å². The van der Waals surface area contributed by atoms with Gasteiger partial charge < -0.3 is 20.4 Å². The second-order valence-electron chi connectivity index (χ2n) is 7.53. The van der Waals surface area contributed by atoms with Crippen LogP contribution in [0.15, 0.2) is 0 Å².